The minimum absolute atomic E-state index is 0.0416. The zero-order chi connectivity index (χ0) is 15.0. The van der Waals surface area contributed by atoms with Crippen molar-refractivity contribution in [2.75, 3.05) is 12.0 Å². The lowest BCUT2D eigenvalue weighted by Crippen LogP contribution is -2.31. The minimum Gasteiger partial charge on any atom is -0.478 e. The number of nitrogens with zero attached hydrogens (tertiary/aromatic N) is 1. The summed E-state index contributed by atoms with van der Waals surface area (Å²) in [5, 5.41) is 9.14. The molecule has 1 heterocycles. The molecule has 0 bridgehead atoms. The van der Waals surface area contributed by atoms with Crippen molar-refractivity contribution in [3.8, 4) is 0 Å². The summed E-state index contributed by atoms with van der Waals surface area (Å²) in [6, 6.07) is 0.607. The lowest BCUT2D eigenvalue weighted by Gasteiger charge is -2.19. The van der Waals surface area contributed by atoms with Crippen molar-refractivity contribution >= 4 is 15.8 Å². The van der Waals surface area contributed by atoms with Crippen LogP contribution in [0.4, 0.5) is 0 Å². The molecule has 0 saturated heterocycles. The third kappa shape index (κ3) is 3.44. The predicted molar refractivity (Wildman–Crippen MR) is 71.6 cm³/mol. The maximum atomic E-state index is 11.9. The van der Waals surface area contributed by atoms with Gasteiger partial charge in [0.05, 0.1) is 11.3 Å². The number of aryl methyl sites for hydroxylation is 1. The van der Waals surface area contributed by atoms with E-state index >= 15 is 0 Å². The van der Waals surface area contributed by atoms with E-state index < -0.39 is 27.4 Å². The maximum Gasteiger partial charge on any atom is 0.337 e. The monoisotopic (exact) mass is 287 g/mol. The molecule has 0 spiro atoms. The van der Waals surface area contributed by atoms with Crippen LogP contribution in [-0.2, 0) is 9.84 Å². The number of carboxylic acid groups (broad SMARTS) is 1. The molecule has 19 heavy (non-hydrogen) atoms. The number of carboxylic acids is 1. The predicted octanol–water partition coefficient (Wildman–Crippen LogP) is 0.769. The van der Waals surface area contributed by atoms with Crippen LogP contribution in [0.5, 0.6) is 0 Å². The number of rotatable bonds is 4. The van der Waals surface area contributed by atoms with E-state index in [9.17, 15) is 18.0 Å². The largest absolute Gasteiger partial charge is 0.478 e. The first-order valence-corrected chi connectivity index (χ1v) is 7.74. The molecule has 0 aliphatic heterocycles. The summed E-state index contributed by atoms with van der Waals surface area (Å²) < 4.78 is 23.8. The Hall–Kier alpha value is -1.63. The van der Waals surface area contributed by atoms with Crippen molar-refractivity contribution in [3.63, 3.8) is 0 Å². The van der Waals surface area contributed by atoms with Crippen LogP contribution < -0.4 is 5.56 Å². The van der Waals surface area contributed by atoms with Gasteiger partial charge in [-0.3, -0.25) is 4.79 Å². The molecule has 0 aliphatic carbocycles. The van der Waals surface area contributed by atoms with Gasteiger partial charge in [0.2, 0.25) is 0 Å². The molecule has 6 nitrogen and oxygen atoms in total. The molecule has 1 N–H and O–H groups in total. The van der Waals surface area contributed by atoms with Crippen molar-refractivity contribution in [2.45, 2.75) is 26.8 Å². The zero-order valence-electron chi connectivity index (χ0n) is 11.3. The highest BCUT2D eigenvalue weighted by Crippen LogP contribution is 2.16. The van der Waals surface area contributed by atoms with Gasteiger partial charge >= 0.3 is 5.97 Å². The van der Waals surface area contributed by atoms with Gasteiger partial charge in [-0.15, -0.1) is 0 Å². The molecule has 1 unspecified atom stereocenters. The first-order valence-electron chi connectivity index (χ1n) is 5.68. The summed E-state index contributed by atoms with van der Waals surface area (Å²) in [5.74, 6) is -1.34. The molecule has 0 amide bonds. The Bertz CT molecular complexity index is 672. The third-order valence-electron chi connectivity index (χ3n) is 2.89. The van der Waals surface area contributed by atoms with Gasteiger partial charge < -0.3 is 9.67 Å². The van der Waals surface area contributed by atoms with Gasteiger partial charge in [-0.2, -0.15) is 0 Å². The highest BCUT2D eigenvalue weighted by atomic mass is 32.2. The van der Waals surface area contributed by atoms with E-state index in [-0.39, 0.29) is 17.0 Å². The number of aromatic nitrogens is 1. The van der Waals surface area contributed by atoms with Crippen LogP contribution in [0.1, 0.15) is 34.6 Å². The number of sulfone groups is 1. The molecule has 1 aromatic rings. The third-order valence-corrected chi connectivity index (χ3v) is 3.98. The van der Waals surface area contributed by atoms with Gasteiger partial charge in [0.15, 0.2) is 0 Å². The maximum absolute atomic E-state index is 11.9. The highest BCUT2D eigenvalue weighted by molar-refractivity contribution is 7.90. The number of carbonyl (C=O) groups is 1. The van der Waals surface area contributed by atoms with Crippen molar-refractivity contribution in [3.05, 3.63) is 33.2 Å². The van der Waals surface area contributed by atoms with E-state index in [2.05, 4.69) is 0 Å². The Kier molecular flexibility index (Phi) is 4.19. The van der Waals surface area contributed by atoms with E-state index in [0.29, 0.717) is 5.56 Å². The number of aromatic carboxylic acids is 1. The molecule has 0 saturated carbocycles. The second kappa shape index (κ2) is 5.16. The molecule has 106 valence electrons. The fourth-order valence-corrected chi connectivity index (χ4v) is 3.31. The van der Waals surface area contributed by atoms with Crippen molar-refractivity contribution in [2.24, 2.45) is 0 Å². The van der Waals surface area contributed by atoms with Crippen LogP contribution in [0.2, 0.25) is 0 Å². The number of pyridine rings is 1. The smallest absolute Gasteiger partial charge is 0.337 e. The van der Waals surface area contributed by atoms with Gasteiger partial charge in [0, 0.05) is 24.1 Å². The summed E-state index contributed by atoms with van der Waals surface area (Å²) in [5.41, 5.74) is 0.294. The standard InChI is InChI=1S/C12H17NO5S/c1-7-5-10(14)13(8(2)6-19(4,17)18)9(3)11(7)12(15)16/h5,8H,6H2,1-4H3,(H,15,16). The van der Waals surface area contributed by atoms with Crippen LogP contribution in [0.3, 0.4) is 0 Å². The number of hydrogen-bond acceptors (Lipinski definition) is 4. The topological polar surface area (TPSA) is 93.4 Å². The van der Waals surface area contributed by atoms with Gasteiger partial charge in [-0.1, -0.05) is 0 Å². The first kappa shape index (κ1) is 15.4. The summed E-state index contributed by atoms with van der Waals surface area (Å²) in [4.78, 5) is 23.1. The minimum atomic E-state index is -3.26. The van der Waals surface area contributed by atoms with Crippen molar-refractivity contribution in [1.82, 2.24) is 4.57 Å². The van der Waals surface area contributed by atoms with E-state index in [1.807, 2.05) is 0 Å². The van der Waals surface area contributed by atoms with Gasteiger partial charge in [0.25, 0.3) is 5.56 Å². The molecule has 1 rings (SSSR count). The quantitative estimate of drug-likeness (QED) is 0.882. The van der Waals surface area contributed by atoms with Crippen LogP contribution >= 0.6 is 0 Å². The SMILES string of the molecule is Cc1cc(=O)n(C(C)CS(C)(=O)=O)c(C)c1C(=O)O. The molecule has 0 radical (unpaired) electrons. The van der Waals surface area contributed by atoms with Crippen LogP contribution in [0, 0.1) is 13.8 Å². The molecule has 7 heteroatoms. The molecule has 0 aromatic carbocycles. The van der Waals surface area contributed by atoms with Crippen molar-refractivity contribution < 1.29 is 18.3 Å². The Morgan fingerprint density at radius 1 is 1.42 bits per heavy atom. The van der Waals surface area contributed by atoms with E-state index in [1.54, 1.807) is 13.8 Å². The van der Waals surface area contributed by atoms with Crippen LogP contribution in [0.15, 0.2) is 10.9 Å². The molecule has 1 aromatic heterocycles. The fraction of sp³-hybridized carbons (Fsp3) is 0.500. The van der Waals surface area contributed by atoms with E-state index in [4.69, 9.17) is 5.11 Å². The Labute approximate surface area is 111 Å². The summed E-state index contributed by atoms with van der Waals surface area (Å²) in [6.45, 7) is 4.64. The highest BCUT2D eigenvalue weighted by Gasteiger charge is 2.20. The normalized spacial score (nSPS) is 13.3. The second-order valence-electron chi connectivity index (χ2n) is 4.74. The fourth-order valence-electron chi connectivity index (χ4n) is 2.28. The van der Waals surface area contributed by atoms with E-state index in [0.717, 1.165) is 6.26 Å². The van der Waals surface area contributed by atoms with Gasteiger partial charge in [-0.25, -0.2) is 13.2 Å². The summed E-state index contributed by atoms with van der Waals surface area (Å²) in [6.07, 6.45) is 1.08. The lowest BCUT2D eigenvalue weighted by molar-refractivity contribution is 0.0694. The van der Waals surface area contributed by atoms with Gasteiger partial charge in [-0.05, 0) is 26.3 Å². The molecule has 0 fully saturated rings. The molecular weight excluding hydrogens is 270 g/mol. The molecule has 0 aliphatic rings. The zero-order valence-corrected chi connectivity index (χ0v) is 12.1. The van der Waals surface area contributed by atoms with Gasteiger partial charge in [0.1, 0.15) is 9.84 Å². The molecular formula is C12H17NO5S. The molecule has 1 atom stereocenters. The Balaban J connectivity index is 3.48. The van der Waals surface area contributed by atoms with Crippen LogP contribution in [-0.4, -0.2) is 36.1 Å². The average molecular weight is 287 g/mol. The average Bonchev–Trinajstić information content (AvgIpc) is 2.11. The summed E-state index contributed by atoms with van der Waals surface area (Å²) in [7, 11) is -3.26. The summed E-state index contributed by atoms with van der Waals surface area (Å²) >= 11 is 0. The van der Waals surface area contributed by atoms with E-state index in [1.165, 1.54) is 17.6 Å². The lowest BCUT2D eigenvalue weighted by atomic mass is 10.1. The van der Waals surface area contributed by atoms with Crippen molar-refractivity contribution in [1.29, 1.82) is 0 Å². The van der Waals surface area contributed by atoms with Crippen LogP contribution in [0.25, 0.3) is 0 Å². The second-order valence-corrected chi connectivity index (χ2v) is 6.93. The number of hydrogen-bond donors (Lipinski definition) is 1. The Morgan fingerprint density at radius 2 is 1.95 bits per heavy atom. The first-order chi connectivity index (χ1) is 8.54. The Morgan fingerprint density at radius 3 is 2.37 bits per heavy atom.